The molecular formula is C72H92F2N10O14. The fourth-order valence-corrected chi connectivity index (χ4v) is 11.2. The molecule has 26 heteroatoms. The molecule has 0 unspecified atom stereocenters. The highest BCUT2D eigenvalue weighted by atomic mass is 19.3. The van der Waals surface area contributed by atoms with Crippen molar-refractivity contribution in [3.63, 3.8) is 0 Å². The number of ether oxygens (including phenoxy) is 7. The highest BCUT2D eigenvalue weighted by Gasteiger charge is 2.43. The minimum absolute atomic E-state index is 0.0381. The van der Waals surface area contributed by atoms with Crippen molar-refractivity contribution >= 4 is 47.1 Å². The van der Waals surface area contributed by atoms with Crippen molar-refractivity contribution in [2.75, 3.05) is 96.0 Å². The number of pyridine rings is 1. The second-order valence-electron chi connectivity index (χ2n) is 26.7. The molecule has 2 aliphatic carbocycles. The van der Waals surface area contributed by atoms with Gasteiger partial charge in [0, 0.05) is 49.3 Å². The Morgan fingerprint density at radius 1 is 0.765 bits per heavy atom. The number of alkyl halides is 2. The van der Waals surface area contributed by atoms with Crippen molar-refractivity contribution < 1.29 is 75.1 Å². The summed E-state index contributed by atoms with van der Waals surface area (Å²) in [6, 6.07) is 21.4. The lowest BCUT2D eigenvalue weighted by Crippen LogP contribution is -2.61. The minimum atomic E-state index is -3.05. The van der Waals surface area contributed by atoms with Crippen molar-refractivity contribution in [2.45, 2.75) is 137 Å². The predicted molar refractivity (Wildman–Crippen MR) is 360 cm³/mol. The van der Waals surface area contributed by atoms with E-state index in [1.54, 1.807) is 37.8 Å². The van der Waals surface area contributed by atoms with Crippen LogP contribution in [0.25, 0.3) is 17.1 Å². The Balaban J connectivity index is 0.617. The van der Waals surface area contributed by atoms with Gasteiger partial charge in [-0.05, 0) is 141 Å². The molecule has 24 nitrogen and oxygen atoms in total. The van der Waals surface area contributed by atoms with E-state index in [0.717, 1.165) is 59.7 Å². The zero-order valence-electron chi connectivity index (χ0n) is 57.2. The number of aromatic nitrogens is 4. The van der Waals surface area contributed by atoms with Crippen LogP contribution in [-0.4, -0.2) is 164 Å². The first kappa shape index (κ1) is 73.6. The highest BCUT2D eigenvalue weighted by molar-refractivity contribution is 6.03. The van der Waals surface area contributed by atoms with E-state index in [4.69, 9.17) is 37.6 Å². The first-order valence-electron chi connectivity index (χ1n) is 33.7. The summed E-state index contributed by atoms with van der Waals surface area (Å²) in [5.74, 6) is -0.918. The number of oxazole rings is 1. The van der Waals surface area contributed by atoms with Crippen molar-refractivity contribution in [1.29, 1.82) is 0 Å². The van der Waals surface area contributed by atoms with E-state index in [-0.39, 0.29) is 79.2 Å². The van der Waals surface area contributed by atoms with E-state index in [9.17, 15) is 37.5 Å². The lowest BCUT2D eigenvalue weighted by Gasteiger charge is -2.42. The number of aryl methyl sites for hydroxylation is 1. The fraction of sp³-hybridized carbons (Fsp3) is 0.514. The summed E-state index contributed by atoms with van der Waals surface area (Å²) in [6.45, 7) is 19.3. The highest BCUT2D eigenvalue weighted by Crippen LogP contribution is 2.36. The van der Waals surface area contributed by atoms with Gasteiger partial charge in [0.25, 0.3) is 18.2 Å². The summed E-state index contributed by atoms with van der Waals surface area (Å²) in [7, 11) is 0. The first-order valence-corrected chi connectivity index (χ1v) is 33.7. The zero-order valence-corrected chi connectivity index (χ0v) is 57.2. The third-order valence-electron chi connectivity index (χ3n) is 16.9. The number of hydrogen-bond donors (Lipinski definition) is 4. The number of anilines is 2. The van der Waals surface area contributed by atoms with Crippen LogP contribution >= 0.6 is 0 Å². The average molecular weight is 1360 g/mol. The number of rotatable bonds is 34. The lowest BCUT2D eigenvalue weighted by molar-refractivity contribution is -0.147. The number of carbonyl (C=O) groups is 6. The number of fused-ring (bicyclic) bond motifs is 2. The van der Waals surface area contributed by atoms with Crippen LogP contribution in [-0.2, 0) is 62.2 Å². The van der Waals surface area contributed by atoms with Crippen molar-refractivity contribution in [1.82, 2.24) is 40.6 Å². The predicted octanol–water partition coefficient (Wildman–Crippen LogP) is 10.2. The van der Waals surface area contributed by atoms with Crippen LogP contribution in [0.3, 0.4) is 0 Å². The Morgan fingerprint density at radius 3 is 2.09 bits per heavy atom. The van der Waals surface area contributed by atoms with Crippen LogP contribution in [0.15, 0.2) is 102 Å². The second-order valence-corrected chi connectivity index (χ2v) is 26.7. The Kier molecular flexibility index (Phi) is 26.0. The van der Waals surface area contributed by atoms with Crippen LogP contribution in [0.1, 0.15) is 149 Å². The monoisotopic (exact) mass is 1360 g/mol. The van der Waals surface area contributed by atoms with Gasteiger partial charge in [0.2, 0.25) is 23.6 Å². The first-order chi connectivity index (χ1) is 47.0. The van der Waals surface area contributed by atoms with Gasteiger partial charge >= 0.3 is 6.09 Å². The molecule has 3 aliphatic rings. The summed E-state index contributed by atoms with van der Waals surface area (Å²) in [4.78, 5) is 93.5. The van der Waals surface area contributed by atoms with Gasteiger partial charge in [-0.1, -0.05) is 65.0 Å². The number of amides is 6. The average Bonchev–Trinajstić information content (AvgIpc) is 0.962. The molecule has 6 amide bonds. The number of benzene rings is 3. The molecule has 9 rings (SSSR count). The van der Waals surface area contributed by atoms with E-state index < -0.39 is 47.2 Å². The van der Waals surface area contributed by atoms with Gasteiger partial charge in [0.1, 0.15) is 42.1 Å². The second kappa shape index (κ2) is 34.7. The molecule has 4 heterocycles. The molecule has 1 fully saturated rings. The Morgan fingerprint density at radius 2 is 1.44 bits per heavy atom. The van der Waals surface area contributed by atoms with Crippen LogP contribution in [0.5, 0.6) is 5.75 Å². The minimum Gasteiger partial charge on any atom is -0.491 e. The molecule has 0 radical (unpaired) electrons. The van der Waals surface area contributed by atoms with E-state index in [2.05, 4.69) is 48.5 Å². The van der Waals surface area contributed by atoms with E-state index in [0.29, 0.717) is 113 Å². The maximum Gasteiger partial charge on any atom is 0.416 e. The van der Waals surface area contributed by atoms with Gasteiger partial charge < -0.3 is 63.7 Å². The topological polar surface area (TPSA) is 278 Å². The zero-order chi connectivity index (χ0) is 69.9. The molecule has 0 bridgehead atoms. The van der Waals surface area contributed by atoms with Crippen LogP contribution in [0, 0.1) is 17.3 Å². The molecule has 3 aromatic heterocycles. The van der Waals surface area contributed by atoms with Crippen LogP contribution in [0.2, 0.25) is 0 Å². The van der Waals surface area contributed by atoms with Gasteiger partial charge in [-0.15, -0.1) is 0 Å². The van der Waals surface area contributed by atoms with E-state index in [1.807, 2.05) is 65.0 Å². The third kappa shape index (κ3) is 20.9. The molecule has 3 aromatic carbocycles. The fourth-order valence-electron chi connectivity index (χ4n) is 11.2. The van der Waals surface area contributed by atoms with Gasteiger partial charge in [0.15, 0.2) is 11.4 Å². The molecule has 4 N–H and O–H groups in total. The normalized spacial score (nSPS) is 15.9. The summed E-state index contributed by atoms with van der Waals surface area (Å²) >= 11 is 0. The largest absolute Gasteiger partial charge is 0.491 e. The van der Waals surface area contributed by atoms with Gasteiger partial charge in [0.05, 0.1) is 89.7 Å². The number of hydrogen-bond acceptors (Lipinski definition) is 17. The maximum atomic E-state index is 14.7. The molecule has 98 heavy (non-hydrogen) atoms. The Labute approximate surface area is 570 Å². The van der Waals surface area contributed by atoms with Crippen molar-refractivity contribution in [2.24, 2.45) is 17.3 Å². The summed E-state index contributed by atoms with van der Waals surface area (Å²) in [5, 5.41) is 15.6. The number of carbonyl (C=O) groups excluding carboxylic acids is 6. The molecule has 0 saturated heterocycles. The number of nitrogens with one attached hydrogen (secondary N) is 4. The summed E-state index contributed by atoms with van der Waals surface area (Å²) in [5.41, 5.74) is 2.73. The Hall–Kier alpha value is -8.69. The number of nitrogens with zero attached hydrogens (tertiary/aromatic N) is 6. The van der Waals surface area contributed by atoms with Gasteiger partial charge in [-0.2, -0.15) is 5.10 Å². The van der Waals surface area contributed by atoms with E-state index >= 15 is 0 Å². The van der Waals surface area contributed by atoms with Crippen LogP contribution < -0.4 is 30.9 Å². The SMILES string of the molecule is CC[C@@H](C)C(=O)N[C@H](C(=O)N1Cc2cc(OCCOCCOCCOCCOCCOCCNC(=O)c3ccc(-n4cc(NC(=O)c5coc(-c6ccnc(N(CC7CC7)C(=O)OC(C)(C)C)c6)n5)c(C(F)F)n4)cc3)ccc2C[C@H]1C(=O)N[C@@H]1CCCc2ccccc21)C(C)(C)C. The molecule has 6 aromatic rings. The van der Waals surface area contributed by atoms with Crippen molar-refractivity contribution in [3.05, 3.63) is 137 Å². The maximum absolute atomic E-state index is 14.7. The number of halogens is 2. The third-order valence-corrected chi connectivity index (χ3v) is 16.9. The summed E-state index contributed by atoms with van der Waals surface area (Å²) < 4.78 is 75.2. The lowest BCUT2D eigenvalue weighted by atomic mass is 9.83. The molecule has 528 valence electrons. The van der Waals surface area contributed by atoms with Gasteiger partial charge in [-0.3, -0.25) is 28.9 Å². The van der Waals surface area contributed by atoms with E-state index in [1.165, 1.54) is 47.1 Å². The quantitative estimate of drug-likeness (QED) is 0.0273. The molecule has 1 saturated carbocycles. The van der Waals surface area contributed by atoms with Crippen molar-refractivity contribution in [3.8, 4) is 22.9 Å². The van der Waals surface area contributed by atoms with Gasteiger partial charge in [-0.25, -0.2) is 28.2 Å². The molecule has 4 atom stereocenters. The summed E-state index contributed by atoms with van der Waals surface area (Å²) in [6.07, 6.45) is 5.85. The molecule has 0 spiro atoms. The Bertz CT molecular complexity index is 3660. The standard InChI is InChI=1S/C72H92F2N10O14/c1-9-46(2)64(85)80-62(71(3,4)5)69(89)82-43-52-39-54(24-21-50(52)40-59(82)67(88)77-56-16-12-14-48-13-10-11-15-55(48)56)96-38-37-95-36-35-94-34-33-93-32-31-92-30-29-91-28-27-76-65(86)49-19-22-53(23-20-49)84-44-57(61(81-84)63(73)74)78-66(87)58-45-97-68(79-58)51-25-26-75-60(41-51)83(42-47-17-18-47)70(90)98-72(6,7)8/h10-11,13,15,19-26,39,41,44-47,56,59,62-63H,9,12,14,16-18,27-38,40,42-43H2,1-8H3,(H,76,86)(H,77,88)(H,78,87)(H,80,85)/t46-,56-,59+,62-/m1/s1. The molecule has 1 aliphatic heterocycles. The molecular weight excluding hydrogens is 1270 g/mol. The smallest absolute Gasteiger partial charge is 0.416 e. The van der Waals surface area contributed by atoms with Crippen LogP contribution in [0.4, 0.5) is 25.1 Å².